The summed E-state index contributed by atoms with van der Waals surface area (Å²) in [5.41, 5.74) is 2.43. The number of hydrogen-bond donors (Lipinski definition) is 0. The van der Waals surface area contributed by atoms with Crippen molar-refractivity contribution < 1.29 is 9.47 Å². The van der Waals surface area contributed by atoms with Crippen LogP contribution in [-0.4, -0.2) is 26.5 Å². The van der Waals surface area contributed by atoms with E-state index >= 15 is 0 Å². The van der Waals surface area contributed by atoms with Crippen LogP contribution in [-0.2, 0) is 6.42 Å². The van der Waals surface area contributed by atoms with Crippen LogP contribution in [0, 0.1) is 0 Å². The molecule has 0 radical (unpaired) electrons. The average molecular weight is 205 g/mol. The van der Waals surface area contributed by atoms with E-state index < -0.39 is 0 Å². The van der Waals surface area contributed by atoms with Gasteiger partial charge in [0.05, 0.1) is 13.7 Å². The van der Waals surface area contributed by atoms with Crippen molar-refractivity contribution in [2.45, 2.75) is 13.3 Å². The molecule has 1 aromatic carbocycles. The molecule has 0 saturated carbocycles. The predicted octanol–water partition coefficient (Wildman–Crippen LogP) is 2.07. The second-order valence-corrected chi connectivity index (χ2v) is 3.42. The standard InChI is InChI=1S/C12H15NO2/c1-3-15-12-7-10-8-13-5-4-9(10)6-11(12)14-2/h6-8H,3-5H2,1-2H3. The van der Waals surface area contributed by atoms with Gasteiger partial charge in [-0.2, -0.15) is 0 Å². The Morgan fingerprint density at radius 1 is 1.33 bits per heavy atom. The lowest BCUT2D eigenvalue weighted by atomic mass is 10.0. The molecule has 0 aliphatic carbocycles. The van der Waals surface area contributed by atoms with Crippen molar-refractivity contribution in [2.24, 2.45) is 4.99 Å². The molecule has 0 bridgehead atoms. The van der Waals surface area contributed by atoms with E-state index in [0.29, 0.717) is 6.61 Å². The maximum atomic E-state index is 5.51. The number of fused-ring (bicyclic) bond motifs is 1. The molecule has 3 nitrogen and oxygen atoms in total. The molecule has 3 heteroatoms. The Morgan fingerprint density at radius 3 is 2.93 bits per heavy atom. The van der Waals surface area contributed by atoms with E-state index in [1.165, 1.54) is 5.56 Å². The molecule has 0 fully saturated rings. The van der Waals surface area contributed by atoms with E-state index in [9.17, 15) is 0 Å². The molecule has 2 rings (SSSR count). The first kappa shape index (κ1) is 10.0. The molecular formula is C12H15NO2. The van der Waals surface area contributed by atoms with Crippen LogP contribution < -0.4 is 9.47 Å². The molecule has 1 aliphatic heterocycles. The molecule has 1 aliphatic rings. The first-order valence-electron chi connectivity index (χ1n) is 5.18. The molecule has 15 heavy (non-hydrogen) atoms. The van der Waals surface area contributed by atoms with Gasteiger partial charge in [0.15, 0.2) is 11.5 Å². The van der Waals surface area contributed by atoms with E-state index in [1.54, 1.807) is 7.11 Å². The minimum atomic E-state index is 0.645. The second kappa shape index (κ2) is 4.34. The van der Waals surface area contributed by atoms with Gasteiger partial charge < -0.3 is 9.47 Å². The van der Waals surface area contributed by atoms with E-state index in [2.05, 4.69) is 4.99 Å². The fraction of sp³-hybridized carbons (Fsp3) is 0.417. The third-order valence-electron chi connectivity index (χ3n) is 2.47. The fourth-order valence-corrected chi connectivity index (χ4v) is 1.73. The third-order valence-corrected chi connectivity index (χ3v) is 2.47. The van der Waals surface area contributed by atoms with Crippen molar-refractivity contribution in [2.75, 3.05) is 20.3 Å². The minimum Gasteiger partial charge on any atom is -0.493 e. The number of ether oxygens (including phenoxy) is 2. The van der Waals surface area contributed by atoms with Gasteiger partial charge in [-0.25, -0.2) is 0 Å². The quantitative estimate of drug-likeness (QED) is 0.756. The van der Waals surface area contributed by atoms with Crippen molar-refractivity contribution in [3.05, 3.63) is 23.3 Å². The Bertz CT molecular complexity index is 385. The van der Waals surface area contributed by atoms with E-state index in [0.717, 1.165) is 30.0 Å². The Morgan fingerprint density at radius 2 is 2.20 bits per heavy atom. The molecule has 1 aromatic rings. The molecular weight excluding hydrogens is 190 g/mol. The SMILES string of the molecule is CCOc1cc2c(cc1OC)CCN=C2. The molecule has 0 aromatic heterocycles. The average Bonchev–Trinajstić information content (AvgIpc) is 2.28. The second-order valence-electron chi connectivity index (χ2n) is 3.42. The number of nitrogens with zero attached hydrogens (tertiary/aromatic N) is 1. The smallest absolute Gasteiger partial charge is 0.161 e. The molecule has 0 unspecified atom stereocenters. The number of hydrogen-bond acceptors (Lipinski definition) is 3. The van der Waals surface area contributed by atoms with Gasteiger partial charge in [0, 0.05) is 12.8 Å². The summed E-state index contributed by atoms with van der Waals surface area (Å²) in [5, 5.41) is 0. The van der Waals surface area contributed by atoms with Crippen LogP contribution >= 0.6 is 0 Å². The topological polar surface area (TPSA) is 30.8 Å². The lowest BCUT2D eigenvalue weighted by Gasteiger charge is -2.15. The van der Waals surface area contributed by atoms with Gasteiger partial charge in [-0.3, -0.25) is 4.99 Å². The summed E-state index contributed by atoms with van der Waals surface area (Å²) < 4.78 is 10.8. The summed E-state index contributed by atoms with van der Waals surface area (Å²) in [6, 6.07) is 4.05. The number of aliphatic imine (C=N–C) groups is 1. The van der Waals surface area contributed by atoms with Crippen LogP contribution in [0.4, 0.5) is 0 Å². The van der Waals surface area contributed by atoms with Gasteiger partial charge in [-0.1, -0.05) is 0 Å². The molecule has 0 atom stereocenters. The zero-order valence-electron chi connectivity index (χ0n) is 9.12. The van der Waals surface area contributed by atoms with Crippen molar-refractivity contribution in [3.63, 3.8) is 0 Å². The van der Waals surface area contributed by atoms with Crippen molar-refractivity contribution in [3.8, 4) is 11.5 Å². The lowest BCUT2D eigenvalue weighted by molar-refractivity contribution is 0.310. The summed E-state index contributed by atoms with van der Waals surface area (Å²) in [7, 11) is 1.67. The van der Waals surface area contributed by atoms with Crippen molar-refractivity contribution in [1.82, 2.24) is 0 Å². The largest absolute Gasteiger partial charge is 0.493 e. The molecule has 1 heterocycles. The third kappa shape index (κ3) is 1.96. The summed E-state index contributed by atoms with van der Waals surface area (Å²) >= 11 is 0. The monoisotopic (exact) mass is 205 g/mol. The normalized spacial score (nSPS) is 13.5. The lowest BCUT2D eigenvalue weighted by Crippen LogP contribution is -2.05. The fourth-order valence-electron chi connectivity index (χ4n) is 1.73. The van der Waals surface area contributed by atoms with Gasteiger partial charge in [-0.05, 0) is 36.6 Å². The van der Waals surface area contributed by atoms with Crippen molar-refractivity contribution >= 4 is 6.21 Å². The maximum absolute atomic E-state index is 5.51. The van der Waals surface area contributed by atoms with Gasteiger partial charge in [-0.15, -0.1) is 0 Å². The zero-order valence-corrected chi connectivity index (χ0v) is 9.12. The predicted molar refractivity (Wildman–Crippen MR) is 60.3 cm³/mol. The summed E-state index contributed by atoms with van der Waals surface area (Å²) in [6.45, 7) is 3.48. The Kier molecular flexibility index (Phi) is 2.90. The van der Waals surface area contributed by atoms with Crippen LogP contribution in [0.15, 0.2) is 17.1 Å². The molecule has 0 amide bonds. The highest BCUT2D eigenvalue weighted by molar-refractivity contribution is 5.84. The van der Waals surface area contributed by atoms with Gasteiger partial charge >= 0.3 is 0 Å². The van der Waals surface area contributed by atoms with E-state index in [-0.39, 0.29) is 0 Å². The van der Waals surface area contributed by atoms with E-state index in [1.807, 2.05) is 25.3 Å². The van der Waals surface area contributed by atoms with Crippen LogP contribution in [0.1, 0.15) is 18.1 Å². The van der Waals surface area contributed by atoms with Crippen LogP contribution in [0.3, 0.4) is 0 Å². The summed E-state index contributed by atoms with van der Waals surface area (Å²) in [4.78, 5) is 4.25. The minimum absolute atomic E-state index is 0.645. The van der Waals surface area contributed by atoms with Gasteiger partial charge in [0.25, 0.3) is 0 Å². The zero-order chi connectivity index (χ0) is 10.7. The first-order chi connectivity index (χ1) is 7.35. The van der Waals surface area contributed by atoms with Gasteiger partial charge in [0.2, 0.25) is 0 Å². The van der Waals surface area contributed by atoms with Crippen LogP contribution in [0.5, 0.6) is 11.5 Å². The van der Waals surface area contributed by atoms with Crippen LogP contribution in [0.2, 0.25) is 0 Å². The Hall–Kier alpha value is -1.51. The number of methoxy groups -OCH3 is 1. The highest BCUT2D eigenvalue weighted by atomic mass is 16.5. The molecule has 0 saturated heterocycles. The number of rotatable bonds is 3. The van der Waals surface area contributed by atoms with E-state index in [4.69, 9.17) is 9.47 Å². The number of benzene rings is 1. The highest BCUT2D eigenvalue weighted by Gasteiger charge is 2.12. The van der Waals surface area contributed by atoms with Gasteiger partial charge in [0.1, 0.15) is 0 Å². The van der Waals surface area contributed by atoms with Crippen LogP contribution in [0.25, 0.3) is 0 Å². The molecule has 0 N–H and O–H groups in total. The molecule has 80 valence electrons. The Balaban J connectivity index is 2.43. The first-order valence-corrected chi connectivity index (χ1v) is 5.18. The maximum Gasteiger partial charge on any atom is 0.161 e. The summed E-state index contributed by atoms with van der Waals surface area (Å²) in [6.07, 6.45) is 2.88. The highest BCUT2D eigenvalue weighted by Crippen LogP contribution is 2.31. The molecule has 0 spiro atoms. The summed E-state index contributed by atoms with van der Waals surface area (Å²) in [5.74, 6) is 1.61. The van der Waals surface area contributed by atoms with Crippen molar-refractivity contribution in [1.29, 1.82) is 0 Å². The Labute approximate surface area is 89.7 Å².